The van der Waals surface area contributed by atoms with E-state index in [0.29, 0.717) is 17.8 Å². The Hall–Kier alpha value is -1.82. The van der Waals surface area contributed by atoms with Gasteiger partial charge in [-0.25, -0.2) is 0 Å². The molecule has 23 heavy (non-hydrogen) atoms. The minimum Gasteiger partial charge on any atom is -0.399 e. The maximum atomic E-state index is 9.80. The molecule has 0 fully saturated rings. The first kappa shape index (κ1) is 17.5. The standard InChI is InChI=1S/C18H26N2O2Si/c1-23(2,3)15-6-4-12(5-7-15)16-8-13(19)9-18(20)17(16)10-14(22)11-21/h4-9,14,21-22H,10-11,19-20H2,1-3H3. The van der Waals surface area contributed by atoms with E-state index in [-0.39, 0.29) is 6.61 Å². The summed E-state index contributed by atoms with van der Waals surface area (Å²) in [5.41, 5.74) is 15.9. The Bertz CT molecular complexity index is 679. The summed E-state index contributed by atoms with van der Waals surface area (Å²) in [5, 5.41) is 20.3. The van der Waals surface area contributed by atoms with E-state index in [1.807, 2.05) is 6.07 Å². The summed E-state index contributed by atoms with van der Waals surface area (Å²) < 4.78 is 0. The minimum absolute atomic E-state index is 0.294. The lowest BCUT2D eigenvalue weighted by Crippen LogP contribution is -2.37. The van der Waals surface area contributed by atoms with Gasteiger partial charge in [-0.2, -0.15) is 0 Å². The predicted molar refractivity (Wildman–Crippen MR) is 100 cm³/mol. The van der Waals surface area contributed by atoms with Gasteiger partial charge in [0.2, 0.25) is 0 Å². The lowest BCUT2D eigenvalue weighted by atomic mass is 9.94. The third-order valence-electron chi connectivity index (χ3n) is 4.02. The highest BCUT2D eigenvalue weighted by Gasteiger charge is 2.17. The first-order valence-corrected chi connectivity index (χ1v) is 11.3. The van der Waals surface area contributed by atoms with Gasteiger partial charge in [0.1, 0.15) is 0 Å². The third kappa shape index (κ3) is 4.13. The van der Waals surface area contributed by atoms with E-state index < -0.39 is 14.2 Å². The second-order valence-electron chi connectivity index (χ2n) is 7.00. The first-order valence-electron chi connectivity index (χ1n) is 7.80. The van der Waals surface area contributed by atoms with E-state index in [1.165, 1.54) is 5.19 Å². The lowest BCUT2D eigenvalue weighted by molar-refractivity contribution is 0.0957. The number of aliphatic hydroxyl groups is 2. The van der Waals surface area contributed by atoms with Crippen LogP contribution in [0.1, 0.15) is 5.56 Å². The summed E-state index contributed by atoms with van der Waals surface area (Å²) in [6, 6.07) is 12.0. The zero-order valence-corrected chi connectivity index (χ0v) is 15.0. The molecule has 0 radical (unpaired) electrons. The summed E-state index contributed by atoms with van der Waals surface area (Å²) in [7, 11) is -1.35. The molecule has 0 saturated carbocycles. The van der Waals surface area contributed by atoms with Crippen LogP contribution in [0.5, 0.6) is 0 Å². The van der Waals surface area contributed by atoms with Crippen molar-refractivity contribution in [2.45, 2.75) is 32.2 Å². The van der Waals surface area contributed by atoms with Crippen molar-refractivity contribution in [3.05, 3.63) is 42.0 Å². The molecule has 6 N–H and O–H groups in total. The molecule has 1 unspecified atom stereocenters. The third-order valence-corrected chi connectivity index (χ3v) is 6.08. The maximum absolute atomic E-state index is 9.80. The fraction of sp³-hybridized carbons (Fsp3) is 0.333. The number of rotatable bonds is 5. The van der Waals surface area contributed by atoms with Crippen molar-refractivity contribution >= 4 is 24.6 Å². The van der Waals surface area contributed by atoms with Gasteiger partial charge in [-0.05, 0) is 28.8 Å². The normalized spacial score (nSPS) is 13.1. The quantitative estimate of drug-likeness (QED) is 0.498. The van der Waals surface area contributed by atoms with E-state index in [1.54, 1.807) is 6.07 Å². The Labute approximate surface area is 138 Å². The van der Waals surface area contributed by atoms with Crippen LogP contribution in [0, 0.1) is 0 Å². The van der Waals surface area contributed by atoms with Crippen LogP contribution in [0.2, 0.25) is 19.6 Å². The highest BCUT2D eigenvalue weighted by atomic mass is 28.3. The largest absolute Gasteiger partial charge is 0.399 e. The second kappa shape index (κ2) is 6.74. The number of hydrogen-bond acceptors (Lipinski definition) is 4. The van der Waals surface area contributed by atoms with Crippen molar-refractivity contribution < 1.29 is 10.2 Å². The fourth-order valence-corrected chi connectivity index (χ4v) is 3.82. The molecule has 0 saturated heterocycles. The number of aliphatic hydroxyl groups excluding tert-OH is 2. The molecule has 1 atom stereocenters. The molecular formula is C18H26N2O2Si. The Morgan fingerprint density at radius 3 is 2.17 bits per heavy atom. The molecular weight excluding hydrogens is 304 g/mol. The molecule has 0 aromatic heterocycles. The molecule has 0 amide bonds. The Morgan fingerprint density at radius 1 is 1.04 bits per heavy atom. The van der Waals surface area contributed by atoms with Gasteiger partial charge in [0.15, 0.2) is 0 Å². The molecule has 124 valence electrons. The van der Waals surface area contributed by atoms with Crippen LogP contribution in [-0.2, 0) is 6.42 Å². The van der Waals surface area contributed by atoms with Crippen LogP contribution in [0.3, 0.4) is 0 Å². The van der Waals surface area contributed by atoms with E-state index in [4.69, 9.17) is 16.6 Å². The smallest absolute Gasteiger partial charge is 0.0812 e. The van der Waals surface area contributed by atoms with Gasteiger partial charge in [0, 0.05) is 17.8 Å². The highest BCUT2D eigenvalue weighted by molar-refractivity contribution is 6.88. The molecule has 5 heteroatoms. The monoisotopic (exact) mass is 330 g/mol. The Balaban J connectivity index is 2.49. The summed E-state index contributed by atoms with van der Waals surface area (Å²) in [5.74, 6) is 0. The van der Waals surface area contributed by atoms with Crippen molar-refractivity contribution in [2.24, 2.45) is 0 Å². The summed E-state index contributed by atoms with van der Waals surface area (Å²) in [4.78, 5) is 0. The summed E-state index contributed by atoms with van der Waals surface area (Å²) in [6.07, 6.45) is -0.533. The predicted octanol–water partition coefficient (Wildman–Crippen LogP) is 1.96. The number of anilines is 2. The van der Waals surface area contributed by atoms with E-state index in [0.717, 1.165) is 16.7 Å². The van der Waals surface area contributed by atoms with Gasteiger partial charge in [0.05, 0.1) is 20.8 Å². The van der Waals surface area contributed by atoms with Crippen molar-refractivity contribution in [1.82, 2.24) is 0 Å². The molecule has 2 aromatic carbocycles. The van der Waals surface area contributed by atoms with Gasteiger partial charge < -0.3 is 21.7 Å². The average Bonchev–Trinajstić information content (AvgIpc) is 2.48. The van der Waals surface area contributed by atoms with Crippen molar-refractivity contribution in [2.75, 3.05) is 18.1 Å². The lowest BCUT2D eigenvalue weighted by Gasteiger charge is -2.19. The topological polar surface area (TPSA) is 92.5 Å². The summed E-state index contributed by atoms with van der Waals surface area (Å²) >= 11 is 0. The molecule has 0 aliphatic heterocycles. The molecule has 4 nitrogen and oxygen atoms in total. The minimum atomic E-state index is -1.35. The number of benzene rings is 2. The molecule has 0 bridgehead atoms. The number of nitrogens with two attached hydrogens (primary N) is 2. The van der Waals surface area contributed by atoms with Crippen molar-refractivity contribution in [3.63, 3.8) is 0 Å². The van der Waals surface area contributed by atoms with Crippen LogP contribution in [0.15, 0.2) is 36.4 Å². The maximum Gasteiger partial charge on any atom is 0.0812 e. The van der Waals surface area contributed by atoms with Crippen LogP contribution < -0.4 is 16.7 Å². The molecule has 0 spiro atoms. The Morgan fingerprint density at radius 2 is 1.65 bits per heavy atom. The zero-order valence-electron chi connectivity index (χ0n) is 14.0. The summed E-state index contributed by atoms with van der Waals surface area (Å²) in [6.45, 7) is 6.63. The van der Waals surface area contributed by atoms with Crippen molar-refractivity contribution in [3.8, 4) is 11.1 Å². The van der Waals surface area contributed by atoms with Gasteiger partial charge >= 0.3 is 0 Å². The molecule has 2 rings (SSSR count). The average molecular weight is 331 g/mol. The number of hydrogen-bond donors (Lipinski definition) is 4. The van der Waals surface area contributed by atoms with Crippen LogP contribution in [0.4, 0.5) is 11.4 Å². The highest BCUT2D eigenvalue weighted by Crippen LogP contribution is 2.31. The molecule has 0 aliphatic rings. The van der Waals surface area contributed by atoms with Crippen LogP contribution in [-0.4, -0.2) is 31.0 Å². The van der Waals surface area contributed by atoms with Gasteiger partial charge in [-0.1, -0.05) is 49.1 Å². The molecule has 0 aliphatic carbocycles. The fourth-order valence-electron chi connectivity index (χ4n) is 2.65. The SMILES string of the molecule is C[Si](C)(C)c1ccc(-c2cc(N)cc(N)c2CC(O)CO)cc1. The zero-order chi connectivity index (χ0) is 17.2. The van der Waals surface area contributed by atoms with Gasteiger partial charge in [0.25, 0.3) is 0 Å². The van der Waals surface area contributed by atoms with Gasteiger partial charge in [-0.15, -0.1) is 0 Å². The van der Waals surface area contributed by atoms with Crippen LogP contribution in [0.25, 0.3) is 11.1 Å². The van der Waals surface area contributed by atoms with E-state index in [9.17, 15) is 5.11 Å². The van der Waals surface area contributed by atoms with E-state index >= 15 is 0 Å². The number of nitrogen functional groups attached to an aromatic ring is 2. The van der Waals surface area contributed by atoms with Crippen LogP contribution >= 0.6 is 0 Å². The molecule has 2 aromatic rings. The second-order valence-corrected chi connectivity index (χ2v) is 12.1. The van der Waals surface area contributed by atoms with Gasteiger partial charge in [-0.3, -0.25) is 0 Å². The molecule has 0 heterocycles. The van der Waals surface area contributed by atoms with E-state index in [2.05, 4.69) is 43.9 Å². The Kier molecular flexibility index (Phi) is 5.14. The first-order chi connectivity index (χ1) is 10.7. The van der Waals surface area contributed by atoms with Crippen molar-refractivity contribution in [1.29, 1.82) is 0 Å².